The predicted octanol–water partition coefficient (Wildman–Crippen LogP) is 3.75. The van der Waals surface area contributed by atoms with Crippen LogP contribution in [-0.4, -0.2) is 20.1 Å². The molecule has 4 heteroatoms. The van der Waals surface area contributed by atoms with E-state index < -0.39 is 0 Å². The molecule has 1 unspecified atom stereocenters. The maximum atomic E-state index is 12.5. The molecule has 25 heavy (non-hydrogen) atoms. The number of carbonyl (C=O) groups is 1. The molecule has 1 aliphatic carbocycles. The number of carbonyl (C=O) groups excluding carboxylic acids is 1. The van der Waals surface area contributed by atoms with Crippen LogP contribution in [0.2, 0.25) is 0 Å². The van der Waals surface area contributed by atoms with E-state index in [1.165, 1.54) is 11.1 Å². The lowest BCUT2D eigenvalue weighted by Gasteiger charge is -2.27. The van der Waals surface area contributed by atoms with Crippen LogP contribution in [-0.2, 0) is 17.6 Å². The van der Waals surface area contributed by atoms with Crippen LogP contribution in [0, 0.1) is 6.92 Å². The second-order valence-corrected chi connectivity index (χ2v) is 6.56. The highest BCUT2D eigenvalue weighted by atomic mass is 16.5. The molecule has 0 spiro atoms. The average molecular weight is 339 g/mol. The van der Waals surface area contributed by atoms with Gasteiger partial charge in [-0.1, -0.05) is 18.2 Å². The molecule has 0 aromatic heterocycles. The zero-order chi connectivity index (χ0) is 17.8. The second kappa shape index (κ2) is 7.60. The molecule has 132 valence electrons. The van der Waals surface area contributed by atoms with Crippen molar-refractivity contribution < 1.29 is 14.3 Å². The van der Waals surface area contributed by atoms with Crippen molar-refractivity contribution in [2.45, 2.75) is 38.6 Å². The number of amides is 1. The number of nitrogens with one attached hydrogen (secondary N) is 1. The van der Waals surface area contributed by atoms with Crippen LogP contribution in [0.3, 0.4) is 0 Å². The summed E-state index contributed by atoms with van der Waals surface area (Å²) in [5.74, 6) is 1.77. The van der Waals surface area contributed by atoms with Gasteiger partial charge in [0.15, 0.2) is 0 Å². The number of ether oxygens (including phenoxy) is 2. The second-order valence-electron chi connectivity index (χ2n) is 6.56. The highest BCUT2D eigenvalue weighted by Gasteiger charge is 2.22. The summed E-state index contributed by atoms with van der Waals surface area (Å²) in [6.07, 6.45) is 3.48. The van der Waals surface area contributed by atoms with Gasteiger partial charge in [0.05, 0.1) is 26.7 Å². The molecule has 1 aliphatic rings. The first-order valence-corrected chi connectivity index (χ1v) is 8.70. The maximum Gasteiger partial charge on any atom is 0.224 e. The molecule has 0 aliphatic heterocycles. The van der Waals surface area contributed by atoms with Gasteiger partial charge < -0.3 is 14.8 Å². The van der Waals surface area contributed by atoms with Gasteiger partial charge in [0, 0.05) is 0 Å². The van der Waals surface area contributed by atoms with E-state index in [-0.39, 0.29) is 11.9 Å². The Hall–Kier alpha value is -2.49. The Morgan fingerprint density at radius 3 is 2.72 bits per heavy atom. The SMILES string of the molecule is COc1ccc2c(c1)CCCC2NC(=O)Cc1ccc(OC)c(C)c1. The molecular weight excluding hydrogens is 314 g/mol. The summed E-state index contributed by atoms with van der Waals surface area (Å²) in [6, 6.07) is 12.1. The van der Waals surface area contributed by atoms with Gasteiger partial charge in [-0.25, -0.2) is 0 Å². The highest BCUT2D eigenvalue weighted by Crippen LogP contribution is 2.32. The van der Waals surface area contributed by atoms with Crippen LogP contribution in [0.15, 0.2) is 36.4 Å². The minimum Gasteiger partial charge on any atom is -0.497 e. The van der Waals surface area contributed by atoms with Crippen LogP contribution in [0.1, 0.15) is 41.1 Å². The van der Waals surface area contributed by atoms with E-state index in [2.05, 4.69) is 17.4 Å². The van der Waals surface area contributed by atoms with Gasteiger partial charge in [-0.2, -0.15) is 0 Å². The summed E-state index contributed by atoms with van der Waals surface area (Å²) in [5, 5.41) is 3.20. The van der Waals surface area contributed by atoms with Crippen LogP contribution in [0.4, 0.5) is 0 Å². The minimum atomic E-state index is 0.0539. The van der Waals surface area contributed by atoms with Crippen molar-refractivity contribution >= 4 is 5.91 Å². The van der Waals surface area contributed by atoms with Crippen molar-refractivity contribution in [2.75, 3.05) is 14.2 Å². The zero-order valence-electron chi connectivity index (χ0n) is 15.1. The molecule has 0 saturated carbocycles. The van der Waals surface area contributed by atoms with Crippen LogP contribution in [0.25, 0.3) is 0 Å². The molecule has 1 amide bonds. The quantitative estimate of drug-likeness (QED) is 0.902. The van der Waals surface area contributed by atoms with Gasteiger partial charge in [0.1, 0.15) is 11.5 Å². The lowest BCUT2D eigenvalue weighted by atomic mass is 9.87. The number of methoxy groups -OCH3 is 2. The van der Waals surface area contributed by atoms with Gasteiger partial charge >= 0.3 is 0 Å². The number of rotatable bonds is 5. The first-order valence-electron chi connectivity index (χ1n) is 8.70. The molecule has 1 atom stereocenters. The van der Waals surface area contributed by atoms with E-state index in [0.29, 0.717) is 6.42 Å². The molecule has 2 aromatic rings. The number of hydrogen-bond acceptors (Lipinski definition) is 3. The number of fused-ring (bicyclic) bond motifs is 1. The Labute approximate surface area is 149 Å². The third-order valence-electron chi connectivity index (χ3n) is 4.82. The third-order valence-corrected chi connectivity index (χ3v) is 4.82. The molecule has 0 heterocycles. The summed E-state index contributed by atoms with van der Waals surface area (Å²) >= 11 is 0. The van der Waals surface area contributed by atoms with Crippen LogP contribution < -0.4 is 14.8 Å². The van der Waals surface area contributed by atoms with Gasteiger partial charge in [0.2, 0.25) is 5.91 Å². The summed E-state index contributed by atoms with van der Waals surface area (Å²) in [4.78, 5) is 12.5. The number of benzene rings is 2. The largest absolute Gasteiger partial charge is 0.497 e. The van der Waals surface area contributed by atoms with Crippen molar-refractivity contribution in [1.29, 1.82) is 0 Å². The summed E-state index contributed by atoms with van der Waals surface area (Å²) < 4.78 is 10.6. The first kappa shape index (κ1) is 17.3. The van der Waals surface area contributed by atoms with E-state index in [0.717, 1.165) is 41.9 Å². The Morgan fingerprint density at radius 2 is 2.00 bits per heavy atom. The summed E-state index contributed by atoms with van der Waals surface area (Å²) in [5.41, 5.74) is 4.53. The van der Waals surface area contributed by atoms with Gasteiger partial charge in [0.25, 0.3) is 0 Å². The van der Waals surface area contributed by atoms with Gasteiger partial charge in [-0.05, 0) is 66.6 Å². The Morgan fingerprint density at radius 1 is 1.16 bits per heavy atom. The number of aryl methyl sites for hydroxylation is 2. The molecule has 0 bridgehead atoms. The Bertz CT molecular complexity index is 770. The molecule has 2 aromatic carbocycles. The lowest BCUT2D eigenvalue weighted by molar-refractivity contribution is -0.121. The molecule has 0 saturated heterocycles. The fourth-order valence-corrected chi connectivity index (χ4v) is 3.55. The first-order chi connectivity index (χ1) is 12.1. The van der Waals surface area contributed by atoms with Gasteiger partial charge in [-0.15, -0.1) is 0 Å². The standard InChI is InChI=1S/C21H25NO3/c1-14-11-15(7-10-20(14)25-3)12-21(23)22-19-6-4-5-16-13-17(24-2)8-9-18(16)19/h7-11,13,19H,4-6,12H2,1-3H3,(H,22,23). The molecule has 4 nitrogen and oxygen atoms in total. The third kappa shape index (κ3) is 3.95. The predicted molar refractivity (Wildman–Crippen MR) is 98.3 cm³/mol. The topological polar surface area (TPSA) is 47.6 Å². The van der Waals surface area contributed by atoms with Crippen molar-refractivity contribution in [3.63, 3.8) is 0 Å². The van der Waals surface area contributed by atoms with Crippen molar-refractivity contribution in [2.24, 2.45) is 0 Å². The van der Waals surface area contributed by atoms with Crippen molar-refractivity contribution in [3.05, 3.63) is 58.7 Å². The summed E-state index contributed by atoms with van der Waals surface area (Å²) in [6.45, 7) is 1.99. The molecular formula is C21H25NO3. The molecule has 3 rings (SSSR count). The van der Waals surface area contributed by atoms with Crippen LogP contribution >= 0.6 is 0 Å². The van der Waals surface area contributed by atoms with E-state index in [4.69, 9.17) is 9.47 Å². The zero-order valence-corrected chi connectivity index (χ0v) is 15.1. The van der Waals surface area contributed by atoms with Crippen molar-refractivity contribution in [3.8, 4) is 11.5 Å². The minimum absolute atomic E-state index is 0.0539. The van der Waals surface area contributed by atoms with E-state index in [9.17, 15) is 4.79 Å². The molecule has 0 fully saturated rings. The monoisotopic (exact) mass is 339 g/mol. The summed E-state index contributed by atoms with van der Waals surface area (Å²) in [7, 11) is 3.34. The smallest absolute Gasteiger partial charge is 0.224 e. The average Bonchev–Trinajstić information content (AvgIpc) is 2.61. The van der Waals surface area contributed by atoms with E-state index in [1.807, 2.05) is 31.2 Å². The van der Waals surface area contributed by atoms with Crippen LogP contribution in [0.5, 0.6) is 11.5 Å². The Balaban J connectivity index is 1.69. The fraction of sp³-hybridized carbons (Fsp3) is 0.381. The number of hydrogen-bond donors (Lipinski definition) is 1. The normalized spacial score (nSPS) is 16.0. The van der Waals surface area contributed by atoms with E-state index >= 15 is 0 Å². The van der Waals surface area contributed by atoms with Crippen molar-refractivity contribution in [1.82, 2.24) is 5.32 Å². The van der Waals surface area contributed by atoms with Gasteiger partial charge in [-0.3, -0.25) is 4.79 Å². The molecule has 0 radical (unpaired) electrons. The highest BCUT2D eigenvalue weighted by molar-refractivity contribution is 5.79. The maximum absolute atomic E-state index is 12.5. The fourth-order valence-electron chi connectivity index (χ4n) is 3.55. The van der Waals surface area contributed by atoms with E-state index in [1.54, 1.807) is 14.2 Å². The lowest BCUT2D eigenvalue weighted by Crippen LogP contribution is -2.32. The Kier molecular flexibility index (Phi) is 5.27. The molecule has 1 N–H and O–H groups in total.